The predicted octanol–water partition coefficient (Wildman–Crippen LogP) is 2.11. The second-order valence-corrected chi connectivity index (χ2v) is 6.80. The third-order valence-electron chi connectivity index (χ3n) is 3.73. The molecule has 0 saturated heterocycles. The van der Waals surface area contributed by atoms with Gasteiger partial charge in [-0.05, 0) is 31.4 Å². The molecule has 0 spiro atoms. The largest absolute Gasteiger partial charge is 0.329 e. The van der Waals surface area contributed by atoms with Gasteiger partial charge in [-0.2, -0.15) is 0 Å². The van der Waals surface area contributed by atoms with Crippen molar-refractivity contribution in [2.75, 3.05) is 6.54 Å². The van der Waals surface area contributed by atoms with Gasteiger partial charge in [0.15, 0.2) is 0 Å². The molecular weight excluding hydrogens is 303 g/mol. The Kier molecular flexibility index (Phi) is 5.54. The zero-order chi connectivity index (χ0) is 14.1. The summed E-state index contributed by atoms with van der Waals surface area (Å²) in [5.41, 5.74) is 5.49. The first-order chi connectivity index (χ1) is 8.90. The fourth-order valence-electron chi connectivity index (χ4n) is 2.69. The summed E-state index contributed by atoms with van der Waals surface area (Å²) < 4.78 is 41.2. The first kappa shape index (κ1) is 17.4. The zero-order valence-electron chi connectivity index (χ0n) is 11.4. The summed E-state index contributed by atoms with van der Waals surface area (Å²) in [7, 11) is -3.88. The number of sulfonamides is 1. The standard InChI is InChI=1S/C13H19FN2O2S.ClH/c1-10-5-4-6-11(14)12(10)19(17,18)16-13(9-15)7-2-3-8-13;/h4-6,16H,2-3,7-9,15H2,1H3;1H. The molecule has 20 heavy (non-hydrogen) atoms. The van der Waals surface area contributed by atoms with E-state index in [-0.39, 0.29) is 23.8 Å². The molecule has 7 heteroatoms. The molecular formula is C13H20ClFN2O2S. The molecule has 0 radical (unpaired) electrons. The van der Waals surface area contributed by atoms with E-state index in [0.717, 1.165) is 18.9 Å². The van der Waals surface area contributed by atoms with E-state index in [2.05, 4.69) is 4.72 Å². The van der Waals surface area contributed by atoms with Crippen molar-refractivity contribution in [3.8, 4) is 0 Å². The fourth-order valence-corrected chi connectivity index (χ4v) is 4.47. The van der Waals surface area contributed by atoms with Crippen molar-refractivity contribution < 1.29 is 12.8 Å². The Morgan fingerprint density at radius 3 is 2.45 bits per heavy atom. The maximum absolute atomic E-state index is 13.8. The summed E-state index contributed by atoms with van der Waals surface area (Å²) >= 11 is 0. The molecule has 0 unspecified atom stereocenters. The summed E-state index contributed by atoms with van der Waals surface area (Å²) in [6.07, 6.45) is 3.29. The fraction of sp³-hybridized carbons (Fsp3) is 0.538. The lowest BCUT2D eigenvalue weighted by atomic mass is 10.0. The lowest BCUT2D eigenvalue weighted by Crippen LogP contribution is -2.51. The van der Waals surface area contributed by atoms with Crippen LogP contribution in [-0.2, 0) is 10.0 Å². The molecule has 1 aliphatic carbocycles. The summed E-state index contributed by atoms with van der Waals surface area (Å²) in [5, 5.41) is 0. The molecule has 3 N–H and O–H groups in total. The summed E-state index contributed by atoms with van der Waals surface area (Å²) in [6, 6.07) is 4.24. The molecule has 0 bridgehead atoms. The van der Waals surface area contributed by atoms with Gasteiger partial charge in [0, 0.05) is 12.1 Å². The van der Waals surface area contributed by atoms with Crippen LogP contribution >= 0.6 is 12.4 Å². The van der Waals surface area contributed by atoms with Gasteiger partial charge < -0.3 is 5.73 Å². The Balaban J connectivity index is 0.00000200. The summed E-state index contributed by atoms with van der Waals surface area (Å²) in [6.45, 7) is 1.82. The van der Waals surface area contributed by atoms with Crippen molar-refractivity contribution in [3.05, 3.63) is 29.6 Å². The second kappa shape index (κ2) is 6.39. The van der Waals surface area contributed by atoms with Crippen LogP contribution in [-0.4, -0.2) is 20.5 Å². The van der Waals surface area contributed by atoms with Gasteiger partial charge in [-0.3, -0.25) is 0 Å². The Morgan fingerprint density at radius 2 is 1.95 bits per heavy atom. The third kappa shape index (κ3) is 3.31. The van der Waals surface area contributed by atoms with E-state index in [0.29, 0.717) is 18.4 Å². The first-order valence-corrected chi connectivity index (χ1v) is 7.88. The molecule has 0 aliphatic heterocycles. The van der Waals surface area contributed by atoms with Crippen LogP contribution in [0.2, 0.25) is 0 Å². The van der Waals surface area contributed by atoms with Crippen LogP contribution in [0.1, 0.15) is 31.2 Å². The topological polar surface area (TPSA) is 72.2 Å². The molecule has 0 aromatic heterocycles. The van der Waals surface area contributed by atoms with Gasteiger partial charge in [-0.1, -0.05) is 25.0 Å². The number of hydrogen-bond donors (Lipinski definition) is 2. The minimum Gasteiger partial charge on any atom is -0.329 e. The molecule has 1 saturated carbocycles. The van der Waals surface area contributed by atoms with Crippen molar-refractivity contribution in [1.29, 1.82) is 0 Å². The van der Waals surface area contributed by atoms with E-state index in [4.69, 9.17) is 5.73 Å². The van der Waals surface area contributed by atoms with Gasteiger partial charge in [0.1, 0.15) is 10.7 Å². The van der Waals surface area contributed by atoms with Crippen molar-refractivity contribution in [2.45, 2.75) is 43.0 Å². The maximum atomic E-state index is 13.8. The summed E-state index contributed by atoms with van der Waals surface area (Å²) in [5.74, 6) is -0.724. The van der Waals surface area contributed by atoms with Crippen LogP contribution in [0.5, 0.6) is 0 Å². The minimum atomic E-state index is -3.88. The van der Waals surface area contributed by atoms with E-state index in [1.165, 1.54) is 6.07 Å². The zero-order valence-corrected chi connectivity index (χ0v) is 13.0. The maximum Gasteiger partial charge on any atom is 0.244 e. The van der Waals surface area contributed by atoms with Gasteiger partial charge in [-0.25, -0.2) is 17.5 Å². The molecule has 0 atom stereocenters. The molecule has 1 fully saturated rings. The molecule has 0 heterocycles. The average molecular weight is 323 g/mol. The summed E-state index contributed by atoms with van der Waals surface area (Å²) in [4.78, 5) is -0.269. The number of halogens is 2. The monoisotopic (exact) mass is 322 g/mol. The third-order valence-corrected chi connectivity index (χ3v) is 5.49. The quantitative estimate of drug-likeness (QED) is 0.891. The van der Waals surface area contributed by atoms with E-state index in [1.807, 2.05) is 0 Å². The van der Waals surface area contributed by atoms with Crippen LogP contribution in [0.4, 0.5) is 4.39 Å². The van der Waals surface area contributed by atoms with E-state index < -0.39 is 21.4 Å². The highest BCUT2D eigenvalue weighted by atomic mass is 35.5. The molecule has 1 aliphatic rings. The number of aryl methyl sites for hydroxylation is 1. The smallest absolute Gasteiger partial charge is 0.244 e. The molecule has 1 aromatic rings. The van der Waals surface area contributed by atoms with Crippen LogP contribution < -0.4 is 10.5 Å². The van der Waals surface area contributed by atoms with E-state index in [1.54, 1.807) is 13.0 Å². The second-order valence-electron chi connectivity index (χ2n) is 5.18. The molecule has 2 rings (SSSR count). The number of hydrogen-bond acceptors (Lipinski definition) is 3. The lowest BCUT2D eigenvalue weighted by Gasteiger charge is -2.28. The Labute approximate surface area is 125 Å². The molecule has 1 aromatic carbocycles. The first-order valence-electron chi connectivity index (χ1n) is 6.39. The molecule has 4 nitrogen and oxygen atoms in total. The lowest BCUT2D eigenvalue weighted by molar-refractivity contribution is 0.398. The number of nitrogens with one attached hydrogen (secondary N) is 1. The minimum absolute atomic E-state index is 0. The van der Waals surface area contributed by atoms with Gasteiger partial charge >= 0.3 is 0 Å². The van der Waals surface area contributed by atoms with E-state index in [9.17, 15) is 12.8 Å². The van der Waals surface area contributed by atoms with E-state index >= 15 is 0 Å². The Morgan fingerprint density at radius 1 is 1.35 bits per heavy atom. The Bertz CT molecular complexity index is 551. The molecule has 0 amide bonds. The van der Waals surface area contributed by atoms with Gasteiger partial charge in [0.2, 0.25) is 10.0 Å². The van der Waals surface area contributed by atoms with Crippen LogP contribution in [0.15, 0.2) is 23.1 Å². The van der Waals surface area contributed by atoms with Crippen LogP contribution in [0, 0.1) is 12.7 Å². The highest BCUT2D eigenvalue weighted by Crippen LogP contribution is 2.31. The van der Waals surface area contributed by atoms with Crippen molar-refractivity contribution in [2.24, 2.45) is 5.73 Å². The molecule has 114 valence electrons. The van der Waals surface area contributed by atoms with Gasteiger partial charge in [0.05, 0.1) is 0 Å². The van der Waals surface area contributed by atoms with Gasteiger partial charge in [-0.15, -0.1) is 12.4 Å². The number of benzene rings is 1. The van der Waals surface area contributed by atoms with Crippen LogP contribution in [0.3, 0.4) is 0 Å². The van der Waals surface area contributed by atoms with Crippen molar-refractivity contribution >= 4 is 22.4 Å². The SMILES string of the molecule is Cc1cccc(F)c1S(=O)(=O)NC1(CN)CCCC1.Cl. The van der Waals surface area contributed by atoms with Crippen LogP contribution in [0.25, 0.3) is 0 Å². The predicted molar refractivity (Wildman–Crippen MR) is 79.0 cm³/mol. The van der Waals surface area contributed by atoms with Crippen molar-refractivity contribution in [3.63, 3.8) is 0 Å². The highest BCUT2D eigenvalue weighted by Gasteiger charge is 2.37. The normalized spacial score (nSPS) is 17.8. The van der Waals surface area contributed by atoms with Gasteiger partial charge in [0.25, 0.3) is 0 Å². The van der Waals surface area contributed by atoms with Crippen molar-refractivity contribution in [1.82, 2.24) is 4.72 Å². The average Bonchev–Trinajstić information content (AvgIpc) is 2.77. The highest BCUT2D eigenvalue weighted by molar-refractivity contribution is 7.89. The Hall–Kier alpha value is -0.690. The number of nitrogens with two attached hydrogens (primary N) is 1. The number of rotatable bonds is 4.